The van der Waals surface area contributed by atoms with Gasteiger partial charge in [0.2, 0.25) is 11.6 Å². The van der Waals surface area contributed by atoms with Crippen molar-refractivity contribution in [3.63, 3.8) is 0 Å². The fourth-order valence-electron chi connectivity index (χ4n) is 5.69. The van der Waals surface area contributed by atoms with Crippen LogP contribution in [0.4, 0.5) is 17.5 Å². The van der Waals surface area contributed by atoms with Crippen molar-refractivity contribution in [2.45, 2.75) is 63.3 Å². The standard InChI is InChI=1S/C25H32N8O4S/c1-15-12-32(23(34)25(5)7-8-38(25,35)36)16(2)11-31(15)21-20-22(28-14-27-21)33(13-24(20,3)4)19-9-18(37-6)17(10-26)29-30-19/h9,14-16H,7-8,11-13H2,1-6H3/t15-,16+,25-/m0/s1. The van der Waals surface area contributed by atoms with Crippen molar-refractivity contribution in [1.82, 2.24) is 25.1 Å². The van der Waals surface area contributed by atoms with Gasteiger partial charge in [0.15, 0.2) is 21.4 Å². The van der Waals surface area contributed by atoms with Crippen LogP contribution in [0.5, 0.6) is 5.75 Å². The van der Waals surface area contributed by atoms with Gasteiger partial charge in [-0.1, -0.05) is 13.8 Å². The van der Waals surface area contributed by atoms with Crippen molar-refractivity contribution in [3.05, 3.63) is 23.7 Å². The second-order valence-corrected chi connectivity index (χ2v) is 13.7. The molecule has 5 heterocycles. The molecule has 2 aromatic heterocycles. The summed E-state index contributed by atoms with van der Waals surface area (Å²) in [5.74, 6) is 2.09. The number of carbonyl (C=O) groups is 1. The third kappa shape index (κ3) is 3.76. The molecule has 5 rings (SSSR count). The number of hydrogen-bond donors (Lipinski definition) is 0. The van der Waals surface area contributed by atoms with Crippen LogP contribution in [0.3, 0.4) is 0 Å². The number of anilines is 3. The van der Waals surface area contributed by atoms with Gasteiger partial charge in [-0.05, 0) is 27.2 Å². The Bertz CT molecular complexity index is 1460. The average Bonchev–Trinajstić information content (AvgIpc) is 3.18. The van der Waals surface area contributed by atoms with Crippen molar-refractivity contribution in [1.29, 1.82) is 5.26 Å². The molecule has 2 fully saturated rings. The normalized spacial score (nSPS) is 27.3. The van der Waals surface area contributed by atoms with Gasteiger partial charge in [0.25, 0.3) is 0 Å². The first-order valence-corrected chi connectivity index (χ1v) is 14.2. The first kappa shape index (κ1) is 26.1. The molecule has 0 saturated carbocycles. The van der Waals surface area contributed by atoms with Crippen molar-refractivity contribution < 1.29 is 17.9 Å². The summed E-state index contributed by atoms with van der Waals surface area (Å²) in [6.07, 6.45) is 1.88. The van der Waals surface area contributed by atoms with Crippen LogP contribution < -0.4 is 14.5 Å². The largest absolute Gasteiger partial charge is 0.493 e. The van der Waals surface area contributed by atoms with Crippen LogP contribution in [0.25, 0.3) is 0 Å². The van der Waals surface area contributed by atoms with Crippen molar-refractivity contribution in [3.8, 4) is 11.8 Å². The predicted octanol–water partition coefficient (Wildman–Crippen LogP) is 1.58. The third-order valence-electron chi connectivity index (χ3n) is 8.15. The van der Waals surface area contributed by atoms with Gasteiger partial charge in [-0.2, -0.15) is 5.26 Å². The van der Waals surface area contributed by atoms with E-state index in [1.165, 1.54) is 13.4 Å². The highest BCUT2D eigenvalue weighted by Gasteiger charge is 2.57. The Balaban J connectivity index is 1.48. The molecule has 0 aromatic carbocycles. The van der Waals surface area contributed by atoms with Crippen LogP contribution in [0.1, 0.15) is 52.3 Å². The number of rotatable bonds is 4. The lowest BCUT2D eigenvalue weighted by molar-refractivity contribution is -0.137. The van der Waals surface area contributed by atoms with Gasteiger partial charge >= 0.3 is 0 Å². The summed E-state index contributed by atoms with van der Waals surface area (Å²) < 4.78 is 28.8. The number of ether oxygens (including phenoxy) is 1. The maximum atomic E-state index is 13.4. The molecule has 2 aromatic rings. The summed E-state index contributed by atoms with van der Waals surface area (Å²) in [5.41, 5.74) is 0.715. The second-order valence-electron chi connectivity index (χ2n) is 11.2. The second kappa shape index (κ2) is 8.76. The Kier molecular flexibility index (Phi) is 6.01. The zero-order valence-electron chi connectivity index (χ0n) is 22.5. The molecule has 1 amide bonds. The lowest BCUT2D eigenvalue weighted by atomic mass is 9.87. The maximum absolute atomic E-state index is 13.4. The molecule has 0 unspecified atom stereocenters. The Morgan fingerprint density at radius 3 is 2.45 bits per heavy atom. The zero-order chi connectivity index (χ0) is 27.6. The van der Waals surface area contributed by atoms with E-state index in [1.807, 2.05) is 24.8 Å². The molecule has 13 heteroatoms. The quantitative estimate of drug-likeness (QED) is 0.557. The maximum Gasteiger partial charge on any atom is 0.244 e. The number of nitriles is 1. The van der Waals surface area contributed by atoms with Crippen LogP contribution >= 0.6 is 0 Å². The van der Waals surface area contributed by atoms with Crippen molar-refractivity contribution in [2.75, 3.05) is 42.3 Å². The SMILES string of the molecule is COc1cc(N2CC(C)(C)c3c2ncnc3N2C[C@@H](C)N(C(=O)[C@]3(C)CCS3(=O)=O)C[C@@H]2C)nnc1C#N. The molecular formula is C25H32N8O4S. The van der Waals surface area contributed by atoms with E-state index in [1.54, 1.807) is 17.9 Å². The first-order chi connectivity index (χ1) is 17.8. The molecule has 3 aliphatic rings. The number of nitrogens with zero attached hydrogens (tertiary/aromatic N) is 8. The van der Waals surface area contributed by atoms with Gasteiger partial charge in [0.05, 0.1) is 12.9 Å². The van der Waals surface area contributed by atoms with Crippen molar-refractivity contribution in [2.24, 2.45) is 0 Å². The van der Waals surface area contributed by atoms with Gasteiger partial charge < -0.3 is 19.4 Å². The summed E-state index contributed by atoms with van der Waals surface area (Å²) in [7, 11) is -1.93. The number of sulfone groups is 1. The fraction of sp³-hybridized carbons (Fsp3) is 0.600. The van der Waals surface area contributed by atoms with Crippen LogP contribution in [0, 0.1) is 11.3 Å². The molecule has 202 valence electrons. The molecule has 12 nitrogen and oxygen atoms in total. The van der Waals surface area contributed by atoms with Crippen LogP contribution in [0.2, 0.25) is 0 Å². The van der Waals surface area contributed by atoms with Gasteiger partial charge in [-0.3, -0.25) is 4.79 Å². The van der Waals surface area contributed by atoms with E-state index in [2.05, 4.69) is 33.9 Å². The highest BCUT2D eigenvalue weighted by Crippen LogP contribution is 2.47. The molecule has 0 radical (unpaired) electrons. The molecule has 38 heavy (non-hydrogen) atoms. The Labute approximate surface area is 222 Å². The number of amides is 1. The Hall–Kier alpha value is -3.53. The Morgan fingerprint density at radius 1 is 1.13 bits per heavy atom. The minimum absolute atomic E-state index is 0.0628. The predicted molar refractivity (Wildman–Crippen MR) is 140 cm³/mol. The zero-order valence-corrected chi connectivity index (χ0v) is 23.3. The van der Waals surface area contributed by atoms with Crippen LogP contribution in [0.15, 0.2) is 12.4 Å². The lowest BCUT2D eigenvalue weighted by Gasteiger charge is -2.49. The van der Waals surface area contributed by atoms with Crippen LogP contribution in [-0.2, 0) is 20.0 Å². The summed E-state index contributed by atoms with van der Waals surface area (Å²) in [5, 5.41) is 17.6. The number of aromatic nitrogens is 4. The minimum Gasteiger partial charge on any atom is -0.493 e. The van der Waals surface area contributed by atoms with Gasteiger partial charge in [0, 0.05) is 48.8 Å². The highest BCUT2D eigenvalue weighted by molar-refractivity contribution is 7.95. The molecule has 0 N–H and O–H groups in total. The number of hydrogen-bond acceptors (Lipinski definition) is 11. The molecule has 0 spiro atoms. The van der Waals surface area contributed by atoms with Gasteiger partial charge in [-0.15, -0.1) is 10.2 Å². The number of fused-ring (bicyclic) bond motifs is 1. The minimum atomic E-state index is -3.41. The monoisotopic (exact) mass is 540 g/mol. The van der Waals surface area contributed by atoms with E-state index in [4.69, 9.17) is 9.72 Å². The number of carbonyl (C=O) groups excluding carboxylic acids is 1. The van der Waals surface area contributed by atoms with Gasteiger partial charge in [0.1, 0.15) is 28.8 Å². The fourth-order valence-corrected chi connectivity index (χ4v) is 7.22. The van der Waals surface area contributed by atoms with E-state index < -0.39 is 14.6 Å². The van der Waals surface area contributed by atoms with E-state index in [-0.39, 0.29) is 34.9 Å². The topological polar surface area (TPSA) is 146 Å². The molecule has 0 aliphatic carbocycles. The molecular weight excluding hydrogens is 508 g/mol. The number of piperazine rings is 1. The van der Waals surface area contributed by atoms with Gasteiger partial charge in [-0.25, -0.2) is 18.4 Å². The van der Waals surface area contributed by atoms with E-state index in [0.29, 0.717) is 43.4 Å². The summed E-state index contributed by atoms with van der Waals surface area (Å²) in [4.78, 5) is 28.5. The summed E-state index contributed by atoms with van der Waals surface area (Å²) in [6.45, 7) is 11.2. The molecule has 3 aliphatic heterocycles. The molecule has 3 atom stereocenters. The van der Waals surface area contributed by atoms with Crippen molar-refractivity contribution >= 4 is 33.2 Å². The lowest BCUT2D eigenvalue weighted by Crippen LogP contribution is -2.66. The molecule has 0 bridgehead atoms. The third-order valence-corrected chi connectivity index (χ3v) is 10.6. The first-order valence-electron chi connectivity index (χ1n) is 12.6. The summed E-state index contributed by atoms with van der Waals surface area (Å²) >= 11 is 0. The highest BCUT2D eigenvalue weighted by atomic mass is 32.2. The molecule has 2 saturated heterocycles. The van der Waals surface area contributed by atoms with E-state index >= 15 is 0 Å². The number of methoxy groups -OCH3 is 1. The summed E-state index contributed by atoms with van der Waals surface area (Å²) in [6, 6.07) is 3.37. The van der Waals surface area contributed by atoms with E-state index in [0.717, 1.165) is 11.4 Å². The van der Waals surface area contributed by atoms with Crippen LogP contribution in [-0.4, -0.2) is 88.7 Å². The smallest absolute Gasteiger partial charge is 0.244 e. The average molecular weight is 541 g/mol. The Morgan fingerprint density at radius 2 is 1.84 bits per heavy atom. The van der Waals surface area contributed by atoms with E-state index in [9.17, 15) is 18.5 Å².